The number of ether oxygens (including phenoxy) is 2. The molecule has 4 aromatic rings. The molecular formula is C27H26N2O3S. The van der Waals surface area contributed by atoms with Crippen LogP contribution >= 0.6 is 11.3 Å². The van der Waals surface area contributed by atoms with Gasteiger partial charge in [-0.3, -0.25) is 9.78 Å². The lowest BCUT2D eigenvalue weighted by atomic mass is 10.1. The molecule has 0 aliphatic rings. The highest BCUT2D eigenvalue weighted by Crippen LogP contribution is 2.29. The molecule has 0 bridgehead atoms. The predicted molar refractivity (Wildman–Crippen MR) is 131 cm³/mol. The summed E-state index contributed by atoms with van der Waals surface area (Å²) in [5.74, 6) is 1.34. The van der Waals surface area contributed by atoms with Gasteiger partial charge in [-0.25, -0.2) is 0 Å². The highest BCUT2D eigenvalue weighted by atomic mass is 32.1. The Morgan fingerprint density at radius 3 is 2.52 bits per heavy atom. The fraction of sp³-hybridized carbons (Fsp3) is 0.185. The van der Waals surface area contributed by atoms with Crippen LogP contribution < -0.4 is 9.47 Å². The van der Waals surface area contributed by atoms with Crippen LogP contribution in [0.15, 0.2) is 90.4 Å². The molecule has 2 heterocycles. The van der Waals surface area contributed by atoms with Gasteiger partial charge in [0.15, 0.2) is 11.5 Å². The lowest BCUT2D eigenvalue weighted by molar-refractivity contribution is 0.0749. The molecule has 33 heavy (non-hydrogen) atoms. The van der Waals surface area contributed by atoms with E-state index in [1.165, 1.54) is 11.3 Å². The molecular weight excluding hydrogens is 432 g/mol. The minimum atomic E-state index is 0.0179. The van der Waals surface area contributed by atoms with E-state index >= 15 is 0 Å². The summed E-state index contributed by atoms with van der Waals surface area (Å²) in [4.78, 5) is 20.2. The van der Waals surface area contributed by atoms with Crippen LogP contribution in [-0.2, 0) is 19.6 Å². The van der Waals surface area contributed by atoms with Crippen molar-refractivity contribution in [1.82, 2.24) is 9.88 Å². The molecule has 2 aromatic carbocycles. The van der Waals surface area contributed by atoms with E-state index in [1.54, 1.807) is 13.3 Å². The van der Waals surface area contributed by atoms with Gasteiger partial charge in [-0.15, -0.1) is 11.3 Å². The molecule has 6 heteroatoms. The van der Waals surface area contributed by atoms with Crippen molar-refractivity contribution < 1.29 is 14.3 Å². The van der Waals surface area contributed by atoms with Crippen LogP contribution in [0.3, 0.4) is 0 Å². The number of carbonyl (C=O) groups is 1. The van der Waals surface area contributed by atoms with Gasteiger partial charge in [-0.1, -0.05) is 48.5 Å². The number of amides is 1. The molecule has 1 amide bonds. The second kappa shape index (κ2) is 11.3. The number of pyridine rings is 1. The standard InChI is InChI=1S/C27H26N2O3S/c1-31-25-18-22(12-13-24(25)32-20-21-8-3-2-4-9-21)19-29(27(30)26-11-7-17-33-26)16-14-23-10-5-6-15-28-23/h2-13,15,17-18H,14,16,19-20H2,1H3. The van der Waals surface area contributed by atoms with Crippen molar-refractivity contribution >= 4 is 17.2 Å². The number of benzene rings is 2. The Kier molecular flexibility index (Phi) is 7.72. The Bertz CT molecular complexity index is 1150. The van der Waals surface area contributed by atoms with Crippen LogP contribution in [0.4, 0.5) is 0 Å². The van der Waals surface area contributed by atoms with Crippen molar-refractivity contribution in [3.63, 3.8) is 0 Å². The highest BCUT2D eigenvalue weighted by Gasteiger charge is 2.18. The molecule has 0 aliphatic carbocycles. The summed E-state index contributed by atoms with van der Waals surface area (Å²) < 4.78 is 11.6. The molecule has 0 spiro atoms. The molecule has 0 atom stereocenters. The number of hydrogen-bond donors (Lipinski definition) is 0. The van der Waals surface area contributed by atoms with E-state index in [0.717, 1.165) is 21.7 Å². The smallest absolute Gasteiger partial charge is 0.264 e. The Morgan fingerprint density at radius 1 is 0.939 bits per heavy atom. The quantitative estimate of drug-likeness (QED) is 0.310. The second-order valence-corrected chi connectivity index (χ2v) is 8.48. The van der Waals surface area contributed by atoms with Crippen molar-refractivity contribution in [1.29, 1.82) is 0 Å². The van der Waals surface area contributed by atoms with E-state index in [9.17, 15) is 4.79 Å². The zero-order valence-corrected chi connectivity index (χ0v) is 19.3. The van der Waals surface area contributed by atoms with Crippen molar-refractivity contribution in [2.45, 2.75) is 19.6 Å². The van der Waals surface area contributed by atoms with Gasteiger partial charge < -0.3 is 14.4 Å². The van der Waals surface area contributed by atoms with E-state index in [4.69, 9.17) is 9.47 Å². The first-order chi connectivity index (χ1) is 16.2. The summed E-state index contributed by atoms with van der Waals surface area (Å²) in [6.45, 7) is 1.50. The van der Waals surface area contributed by atoms with E-state index in [2.05, 4.69) is 4.98 Å². The molecule has 2 aromatic heterocycles. The van der Waals surface area contributed by atoms with E-state index in [-0.39, 0.29) is 5.91 Å². The van der Waals surface area contributed by atoms with Gasteiger partial charge >= 0.3 is 0 Å². The van der Waals surface area contributed by atoms with E-state index in [0.29, 0.717) is 37.6 Å². The molecule has 0 aliphatic heterocycles. The maximum absolute atomic E-state index is 13.2. The predicted octanol–water partition coefficient (Wildman–Crippen LogP) is 5.62. The topological polar surface area (TPSA) is 51.7 Å². The van der Waals surface area contributed by atoms with E-state index in [1.807, 2.05) is 89.1 Å². The normalized spacial score (nSPS) is 10.6. The number of nitrogens with zero attached hydrogens (tertiary/aromatic N) is 2. The van der Waals surface area contributed by atoms with Gasteiger partial charge in [-0.05, 0) is 46.8 Å². The van der Waals surface area contributed by atoms with Crippen LogP contribution in [0, 0.1) is 0 Å². The fourth-order valence-electron chi connectivity index (χ4n) is 3.49. The summed E-state index contributed by atoms with van der Waals surface area (Å²) in [6, 6.07) is 25.4. The molecule has 0 saturated heterocycles. The van der Waals surface area contributed by atoms with Gasteiger partial charge in [0.25, 0.3) is 5.91 Å². The van der Waals surface area contributed by atoms with Crippen molar-refractivity contribution in [2.24, 2.45) is 0 Å². The second-order valence-electron chi connectivity index (χ2n) is 7.53. The van der Waals surface area contributed by atoms with Crippen LogP contribution in [0.2, 0.25) is 0 Å². The Morgan fingerprint density at radius 2 is 1.79 bits per heavy atom. The number of thiophene rings is 1. The first kappa shape index (κ1) is 22.6. The molecule has 5 nitrogen and oxygen atoms in total. The largest absolute Gasteiger partial charge is 0.493 e. The van der Waals surface area contributed by atoms with Crippen molar-refractivity contribution in [3.05, 3.63) is 112 Å². The van der Waals surface area contributed by atoms with Crippen LogP contribution in [0.25, 0.3) is 0 Å². The van der Waals surface area contributed by atoms with Crippen LogP contribution in [-0.4, -0.2) is 29.4 Å². The maximum Gasteiger partial charge on any atom is 0.264 e. The monoisotopic (exact) mass is 458 g/mol. The number of carbonyl (C=O) groups excluding carboxylic acids is 1. The highest BCUT2D eigenvalue weighted by molar-refractivity contribution is 7.12. The fourth-order valence-corrected chi connectivity index (χ4v) is 4.18. The third kappa shape index (κ3) is 6.20. The summed E-state index contributed by atoms with van der Waals surface area (Å²) in [6.07, 6.45) is 2.47. The third-order valence-corrected chi connectivity index (χ3v) is 6.08. The number of hydrogen-bond acceptors (Lipinski definition) is 5. The minimum Gasteiger partial charge on any atom is -0.493 e. The molecule has 0 N–H and O–H groups in total. The molecule has 4 rings (SSSR count). The van der Waals surface area contributed by atoms with Gasteiger partial charge in [0.05, 0.1) is 12.0 Å². The average molecular weight is 459 g/mol. The Balaban J connectivity index is 1.48. The Labute approximate surface area is 198 Å². The molecule has 0 saturated carbocycles. The Hall–Kier alpha value is -3.64. The van der Waals surface area contributed by atoms with Crippen molar-refractivity contribution in [2.75, 3.05) is 13.7 Å². The summed E-state index contributed by atoms with van der Waals surface area (Å²) >= 11 is 1.45. The molecule has 168 valence electrons. The molecule has 0 radical (unpaired) electrons. The van der Waals surface area contributed by atoms with Crippen LogP contribution in [0.5, 0.6) is 11.5 Å². The van der Waals surface area contributed by atoms with Gasteiger partial charge in [0, 0.05) is 31.4 Å². The third-order valence-electron chi connectivity index (χ3n) is 5.22. The zero-order chi connectivity index (χ0) is 22.9. The average Bonchev–Trinajstić information content (AvgIpc) is 3.41. The lowest BCUT2D eigenvalue weighted by Gasteiger charge is -2.23. The number of rotatable bonds is 10. The lowest BCUT2D eigenvalue weighted by Crippen LogP contribution is -2.32. The molecule has 0 fully saturated rings. The first-order valence-corrected chi connectivity index (χ1v) is 11.7. The van der Waals surface area contributed by atoms with E-state index < -0.39 is 0 Å². The first-order valence-electron chi connectivity index (χ1n) is 10.8. The molecule has 0 unspecified atom stereocenters. The van der Waals surface area contributed by atoms with Gasteiger partial charge in [-0.2, -0.15) is 0 Å². The number of aromatic nitrogens is 1. The minimum absolute atomic E-state index is 0.0179. The SMILES string of the molecule is COc1cc(CN(CCc2ccccn2)C(=O)c2cccs2)ccc1OCc1ccccc1. The maximum atomic E-state index is 13.2. The summed E-state index contributed by atoms with van der Waals surface area (Å²) in [7, 11) is 1.63. The summed E-state index contributed by atoms with van der Waals surface area (Å²) in [5.41, 5.74) is 3.03. The van der Waals surface area contributed by atoms with Crippen LogP contribution in [0.1, 0.15) is 26.5 Å². The summed E-state index contributed by atoms with van der Waals surface area (Å²) in [5, 5.41) is 1.92. The zero-order valence-electron chi connectivity index (χ0n) is 18.5. The number of methoxy groups -OCH3 is 1. The van der Waals surface area contributed by atoms with Crippen molar-refractivity contribution in [3.8, 4) is 11.5 Å². The van der Waals surface area contributed by atoms with Gasteiger partial charge in [0.1, 0.15) is 6.61 Å². The van der Waals surface area contributed by atoms with Gasteiger partial charge in [0.2, 0.25) is 0 Å².